The van der Waals surface area contributed by atoms with Gasteiger partial charge in [0, 0.05) is 32.2 Å². The van der Waals surface area contributed by atoms with E-state index in [2.05, 4.69) is 24.7 Å². The fourth-order valence-electron chi connectivity index (χ4n) is 0.991. The second kappa shape index (κ2) is 7.32. The molecule has 0 fully saturated rings. The van der Waals surface area contributed by atoms with E-state index in [1.54, 1.807) is 21.3 Å². The summed E-state index contributed by atoms with van der Waals surface area (Å²) in [6.45, 7) is 0. The monoisotopic (exact) mass is 258 g/mol. The smallest absolute Gasteiger partial charge is 0.377 e. The third-order valence-electron chi connectivity index (χ3n) is 1.93. The largest absolute Gasteiger partial charge is 0.500 e. The van der Waals surface area contributed by atoms with Gasteiger partial charge in [-0.05, 0) is 6.42 Å². The number of rotatable bonds is 7. The van der Waals surface area contributed by atoms with Gasteiger partial charge in [-0.25, -0.2) is 12.1 Å². The van der Waals surface area contributed by atoms with Crippen LogP contribution in [-0.2, 0) is 13.3 Å². The summed E-state index contributed by atoms with van der Waals surface area (Å²) in [4.78, 5) is 0.413. The third-order valence-corrected chi connectivity index (χ3v) is 8.52. The molecular weight excluding hydrogens is 240 g/mol. The molecule has 0 aromatic rings. The fourth-order valence-corrected chi connectivity index (χ4v) is 4.52. The lowest BCUT2D eigenvalue weighted by atomic mass is 10.6. The van der Waals surface area contributed by atoms with E-state index in [1.165, 1.54) is 0 Å². The average molecular weight is 259 g/mol. The summed E-state index contributed by atoms with van der Waals surface area (Å²) < 4.78 is 15.8. The molecule has 0 aliphatic carbocycles. The van der Waals surface area contributed by atoms with Crippen molar-refractivity contribution < 1.29 is 13.3 Å². The minimum atomic E-state index is -2.36. The normalized spacial score (nSPS) is 15.5. The Kier molecular flexibility index (Phi) is 7.90. The zero-order valence-corrected chi connectivity index (χ0v) is 12.5. The van der Waals surface area contributed by atoms with Gasteiger partial charge in [-0.15, -0.1) is 0 Å². The van der Waals surface area contributed by atoms with Crippen LogP contribution in [0.5, 0.6) is 0 Å². The van der Waals surface area contributed by atoms with Crippen molar-refractivity contribution in [2.75, 3.05) is 21.3 Å². The number of thiol groups is 2. The molecule has 0 spiro atoms. The van der Waals surface area contributed by atoms with Gasteiger partial charge in [0.25, 0.3) is 0 Å². The molecule has 1 unspecified atom stereocenters. The molecule has 1 atom stereocenters. The van der Waals surface area contributed by atoms with Gasteiger partial charge in [-0.3, -0.25) is 0 Å². The van der Waals surface area contributed by atoms with Crippen LogP contribution in [0, 0.1) is 0 Å². The van der Waals surface area contributed by atoms with Crippen molar-refractivity contribution in [3.8, 4) is 0 Å². The second-order valence-corrected chi connectivity index (χ2v) is 9.62. The molecule has 0 rings (SSSR count). The van der Waals surface area contributed by atoms with Crippen LogP contribution < -0.4 is 0 Å². The SMILES string of the molecule is CO[Si](CCC(S)[SiH2]S)(OC)OC. The molecule has 0 saturated heterocycles. The van der Waals surface area contributed by atoms with Crippen LogP contribution in [0.4, 0.5) is 0 Å². The van der Waals surface area contributed by atoms with Crippen molar-refractivity contribution in [3.63, 3.8) is 0 Å². The van der Waals surface area contributed by atoms with E-state index >= 15 is 0 Å². The molecule has 7 heteroatoms. The molecule has 0 aromatic carbocycles. The Morgan fingerprint density at radius 3 is 2.00 bits per heavy atom. The molecular formula is C6H18O3S2Si2. The summed E-state index contributed by atoms with van der Waals surface area (Å²) in [7, 11) is 2.19. The maximum atomic E-state index is 5.28. The molecule has 80 valence electrons. The lowest BCUT2D eigenvalue weighted by Gasteiger charge is -2.24. The summed E-state index contributed by atoms with van der Waals surface area (Å²) in [6.07, 6.45) is 0.959. The summed E-state index contributed by atoms with van der Waals surface area (Å²) in [5, 5.41) is 0. The first-order chi connectivity index (χ1) is 6.14. The van der Waals surface area contributed by atoms with Crippen molar-refractivity contribution in [1.82, 2.24) is 0 Å². The third kappa shape index (κ3) is 4.86. The van der Waals surface area contributed by atoms with Crippen LogP contribution in [0.3, 0.4) is 0 Å². The van der Waals surface area contributed by atoms with Gasteiger partial charge < -0.3 is 13.3 Å². The first-order valence-corrected chi connectivity index (χ1v) is 9.88. The summed E-state index contributed by atoms with van der Waals surface area (Å²) >= 11 is 8.69. The number of hydrogen-bond acceptors (Lipinski definition) is 5. The molecule has 0 radical (unpaired) electrons. The molecule has 0 aliphatic rings. The van der Waals surface area contributed by atoms with E-state index in [1.807, 2.05) is 0 Å². The van der Waals surface area contributed by atoms with Crippen molar-refractivity contribution >= 4 is 42.2 Å². The van der Waals surface area contributed by atoms with Gasteiger partial charge in [-0.1, -0.05) is 0 Å². The van der Waals surface area contributed by atoms with Crippen LogP contribution >= 0.6 is 24.7 Å². The minimum absolute atomic E-state index is 0.339. The highest BCUT2D eigenvalue weighted by Crippen LogP contribution is 2.18. The van der Waals surface area contributed by atoms with E-state index in [9.17, 15) is 0 Å². The van der Waals surface area contributed by atoms with E-state index in [-0.39, 0.29) is 8.67 Å². The predicted molar refractivity (Wildman–Crippen MR) is 66.5 cm³/mol. The Hall–Kier alpha value is 1.01. The first kappa shape index (κ1) is 14.0. The standard InChI is InChI=1S/C6H18O3S2Si2/c1-7-13(8-2,9-3)5-4-6(10)12-11/h6,10-11H,4-5,12H2,1-3H3. The predicted octanol–water partition coefficient (Wildman–Crippen LogP) is 0.524. The van der Waals surface area contributed by atoms with Gasteiger partial charge >= 0.3 is 8.80 Å². The molecule has 0 bridgehead atoms. The van der Waals surface area contributed by atoms with Gasteiger partial charge in [0.2, 0.25) is 0 Å². The molecule has 0 amide bonds. The Morgan fingerprint density at radius 2 is 1.69 bits per heavy atom. The Bertz CT molecular complexity index is 127. The summed E-state index contributed by atoms with van der Waals surface area (Å²) in [5.74, 6) is 0. The quantitative estimate of drug-likeness (QED) is 0.515. The molecule has 0 heterocycles. The van der Waals surface area contributed by atoms with Crippen molar-refractivity contribution in [3.05, 3.63) is 0 Å². The molecule has 0 aliphatic heterocycles. The Balaban J connectivity index is 3.95. The van der Waals surface area contributed by atoms with Crippen LogP contribution in [0.15, 0.2) is 0 Å². The van der Waals surface area contributed by atoms with E-state index in [0.29, 0.717) is 4.87 Å². The lowest BCUT2D eigenvalue weighted by molar-refractivity contribution is 0.123. The molecule has 13 heavy (non-hydrogen) atoms. The maximum Gasteiger partial charge on any atom is 0.500 e. The highest BCUT2D eigenvalue weighted by atomic mass is 32.3. The van der Waals surface area contributed by atoms with Crippen LogP contribution in [0.2, 0.25) is 6.04 Å². The van der Waals surface area contributed by atoms with Gasteiger partial charge in [0.1, 0.15) is 0 Å². The Morgan fingerprint density at radius 1 is 1.23 bits per heavy atom. The second-order valence-electron chi connectivity index (χ2n) is 2.67. The van der Waals surface area contributed by atoms with Crippen molar-refractivity contribution in [1.29, 1.82) is 0 Å². The number of hydrogen-bond donors (Lipinski definition) is 2. The fraction of sp³-hybridized carbons (Fsp3) is 1.00. The van der Waals surface area contributed by atoms with Crippen LogP contribution in [-0.4, -0.2) is 43.7 Å². The van der Waals surface area contributed by atoms with Crippen molar-refractivity contribution in [2.24, 2.45) is 0 Å². The summed E-state index contributed by atoms with van der Waals surface area (Å²) in [6, 6.07) is 0.818. The topological polar surface area (TPSA) is 27.7 Å². The summed E-state index contributed by atoms with van der Waals surface area (Å²) in [5.41, 5.74) is 0. The highest BCUT2D eigenvalue weighted by molar-refractivity contribution is 8.09. The maximum absolute atomic E-state index is 5.28. The van der Waals surface area contributed by atoms with Crippen LogP contribution in [0.25, 0.3) is 0 Å². The van der Waals surface area contributed by atoms with E-state index < -0.39 is 8.80 Å². The van der Waals surface area contributed by atoms with E-state index in [4.69, 9.17) is 13.3 Å². The highest BCUT2D eigenvalue weighted by Gasteiger charge is 2.37. The molecule has 0 saturated carbocycles. The molecule has 3 nitrogen and oxygen atoms in total. The van der Waals surface area contributed by atoms with Crippen LogP contribution in [0.1, 0.15) is 6.42 Å². The minimum Gasteiger partial charge on any atom is -0.377 e. The Labute approximate surface area is 94.2 Å². The average Bonchev–Trinajstić information content (AvgIpc) is 2.20. The van der Waals surface area contributed by atoms with Crippen molar-refractivity contribution in [2.45, 2.75) is 17.3 Å². The lowest BCUT2D eigenvalue weighted by Crippen LogP contribution is -2.43. The zero-order chi connectivity index (χ0) is 10.3. The first-order valence-electron chi connectivity index (χ1n) is 4.08. The van der Waals surface area contributed by atoms with E-state index in [0.717, 1.165) is 12.5 Å². The molecule has 0 aromatic heterocycles. The van der Waals surface area contributed by atoms with Gasteiger partial charge in [-0.2, -0.15) is 12.6 Å². The van der Waals surface area contributed by atoms with Gasteiger partial charge in [0.05, 0.1) is 8.67 Å². The zero-order valence-electron chi connectivity index (χ0n) is 8.32. The van der Waals surface area contributed by atoms with Gasteiger partial charge in [0.15, 0.2) is 0 Å². The molecule has 0 N–H and O–H groups in total.